The first-order valence-corrected chi connectivity index (χ1v) is 0.651. The molecule has 0 atom stereocenters. The van der Waals surface area contributed by atoms with Crippen molar-refractivity contribution >= 4 is 23.5 Å². The molecule has 0 aromatic heterocycles. The van der Waals surface area contributed by atoms with Crippen LogP contribution in [-0.4, -0.2) is 39.2 Å². The van der Waals surface area contributed by atoms with Crippen molar-refractivity contribution < 1.29 is 40.0 Å². The number of hydrogen-bond donors (Lipinski definition) is 2. The first kappa shape index (κ1) is 26.3. The van der Waals surface area contributed by atoms with Crippen LogP contribution in [0.5, 0.6) is 0 Å². The third kappa shape index (κ3) is 825. The Hall–Kier alpha value is 0.386. The van der Waals surface area contributed by atoms with Crippen molar-refractivity contribution in [2.75, 3.05) is 0 Å². The van der Waals surface area contributed by atoms with Gasteiger partial charge < -0.3 is 15.7 Å². The van der Waals surface area contributed by atoms with E-state index in [1.54, 1.807) is 0 Å². The van der Waals surface area contributed by atoms with E-state index >= 15 is 0 Å². The average Bonchev–Trinajstić information content (AvgIpc) is 0.811. The molecule has 0 aromatic carbocycles. The van der Waals surface area contributed by atoms with Gasteiger partial charge in [0.15, 0.2) is 17.4 Å². The van der Waals surface area contributed by atoms with Gasteiger partial charge >= 0.3 is 6.16 Å². The molecule has 0 aromatic rings. The van der Waals surface area contributed by atoms with E-state index in [-0.39, 0.29) is 42.3 Å². The van der Waals surface area contributed by atoms with E-state index in [0.29, 0.717) is 0 Å². The SMILES string of the molecule is O.O=C(O)O.[AlH3].[Zn]. The van der Waals surface area contributed by atoms with E-state index in [4.69, 9.17) is 15.0 Å². The summed E-state index contributed by atoms with van der Waals surface area (Å²) < 4.78 is 0. The zero-order chi connectivity index (χ0) is 3.58. The molecule has 0 rings (SSSR count). The monoisotopic (exact) mass is 174 g/mol. The van der Waals surface area contributed by atoms with E-state index in [1.165, 1.54) is 0 Å². The van der Waals surface area contributed by atoms with Crippen molar-refractivity contribution in [1.29, 1.82) is 0 Å². The summed E-state index contributed by atoms with van der Waals surface area (Å²) in [5.74, 6) is 0. The van der Waals surface area contributed by atoms with Crippen LogP contribution in [0.3, 0.4) is 0 Å². The number of hydrogen-bond acceptors (Lipinski definition) is 1. The molecule has 0 spiro atoms. The summed E-state index contributed by atoms with van der Waals surface area (Å²) in [5.41, 5.74) is 0. The number of carbonyl (C=O) groups is 1. The van der Waals surface area contributed by atoms with Crippen LogP contribution >= 0.6 is 0 Å². The van der Waals surface area contributed by atoms with Gasteiger partial charge in [0.2, 0.25) is 0 Å². The summed E-state index contributed by atoms with van der Waals surface area (Å²) in [7, 11) is 0. The maximum absolute atomic E-state index is 8.56. The summed E-state index contributed by atoms with van der Waals surface area (Å²) >= 11 is 0. The molecule has 0 aliphatic carbocycles. The van der Waals surface area contributed by atoms with Crippen LogP contribution in [0.25, 0.3) is 0 Å². The molecule has 7 heavy (non-hydrogen) atoms. The van der Waals surface area contributed by atoms with Gasteiger partial charge in [-0.3, -0.25) is 0 Å². The van der Waals surface area contributed by atoms with Crippen molar-refractivity contribution in [3.8, 4) is 0 Å². The van der Waals surface area contributed by atoms with E-state index in [0.717, 1.165) is 0 Å². The second kappa shape index (κ2) is 16.2. The standard InChI is InChI=1S/CH2O3.Al.H2O.Zn.3H/c2-1(3)4;;;;;;/h(H2,2,3,4);;1H2;;;;. The molecule has 0 bridgehead atoms. The maximum atomic E-state index is 8.56. The Bertz CT molecular complexity index is 34.7. The molecule has 0 fully saturated rings. The van der Waals surface area contributed by atoms with Gasteiger partial charge in [0.1, 0.15) is 0 Å². The van der Waals surface area contributed by atoms with E-state index in [2.05, 4.69) is 0 Å². The van der Waals surface area contributed by atoms with Crippen molar-refractivity contribution in [1.82, 2.24) is 0 Å². The van der Waals surface area contributed by atoms with Crippen LogP contribution in [0.15, 0.2) is 0 Å². The molecule has 0 saturated carbocycles. The quantitative estimate of drug-likeness (QED) is 0.426. The molecule has 0 amide bonds. The summed E-state index contributed by atoms with van der Waals surface area (Å²) in [6.07, 6.45) is -1.83. The van der Waals surface area contributed by atoms with Crippen LogP contribution in [0.2, 0.25) is 0 Å². The van der Waals surface area contributed by atoms with Crippen molar-refractivity contribution in [3.05, 3.63) is 0 Å². The zero-order valence-corrected chi connectivity index (χ0v) is 5.98. The first-order chi connectivity index (χ1) is 1.73. The first-order valence-electron chi connectivity index (χ1n) is 0.651. The number of rotatable bonds is 0. The van der Waals surface area contributed by atoms with Gasteiger partial charge in [-0.25, -0.2) is 4.79 Å². The van der Waals surface area contributed by atoms with Gasteiger partial charge in [-0.15, -0.1) is 0 Å². The minimum atomic E-state index is -1.83. The molecule has 4 nitrogen and oxygen atoms in total. The molecule has 6 heteroatoms. The van der Waals surface area contributed by atoms with Gasteiger partial charge in [0.25, 0.3) is 0 Å². The third-order valence-corrected chi connectivity index (χ3v) is 0. The van der Waals surface area contributed by atoms with E-state index in [1.807, 2.05) is 0 Å². The maximum Gasteiger partial charge on any atom is 0.503 e. The summed E-state index contributed by atoms with van der Waals surface area (Å²) in [4.78, 5) is 8.56. The molecule has 4 N–H and O–H groups in total. The minimum absolute atomic E-state index is 0. The fourth-order valence-electron chi connectivity index (χ4n) is 0. The minimum Gasteiger partial charge on any atom is -0.450 e. The number of carboxylic acid groups (broad SMARTS) is 2. The Morgan fingerprint density at radius 3 is 1.29 bits per heavy atom. The van der Waals surface area contributed by atoms with Gasteiger partial charge in [-0.1, -0.05) is 0 Å². The summed E-state index contributed by atoms with van der Waals surface area (Å²) in [6, 6.07) is 0. The van der Waals surface area contributed by atoms with Crippen molar-refractivity contribution in [3.63, 3.8) is 0 Å². The predicted octanol–water partition coefficient (Wildman–Crippen LogP) is -1.79. The fourth-order valence-corrected chi connectivity index (χ4v) is 0. The van der Waals surface area contributed by atoms with Crippen LogP contribution in [0, 0.1) is 0 Å². The zero-order valence-electron chi connectivity index (χ0n) is 3.01. The van der Waals surface area contributed by atoms with Crippen molar-refractivity contribution in [2.45, 2.75) is 0 Å². The van der Waals surface area contributed by atoms with Gasteiger partial charge in [-0.05, 0) is 0 Å². The predicted molar refractivity (Wildman–Crippen MR) is 24.2 cm³/mol. The molecule has 0 radical (unpaired) electrons. The molecule has 0 aliphatic rings. The van der Waals surface area contributed by atoms with Crippen LogP contribution in [-0.2, 0) is 19.5 Å². The van der Waals surface area contributed by atoms with Crippen molar-refractivity contribution in [2.24, 2.45) is 0 Å². The van der Waals surface area contributed by atoms with Gasteiger partial charge in [0.05, 0.1) is 0 Å². The van der Waals surface area contributed by atoms with E-state index < -0.39 is 6.16 Å². The second-order valence-corrected chi connectivity index (χ2v) is 0.283. The average molecular weight is 175 g/mol. The Morgan fingerprint density at radius 2 is 1.29 bits per heavy atom. The Kier molecular flexibility index (Phi) is 60.6. The summed E-state index contributed by atoms with van der Waals surface area (Å²) in [6.45, 7) is 0. The molecule has 0 unspecified atom stereocenters. The summed E-state index contributed by atoms with van der Waals surface area (Å²) in [5, 5.41) is 13.9. The molecule has 0 saturated heterocycles. The van der Waals surface area contributed by atoms with E-state index in [9.17, 15) is 0 Å². The smallest absolute Gasteiger partial charge is 0.450 e. The second-order valence-electron chi connectivity index (χ2n) is 0.283. The topological polar surface area (TPSA) is 89.0 Å². The molecular formula is CH7AlO4Zn. The Labute approximate surface area is 63.7 Å². The molecular weight excluding hydrogens is 168 g/mol. The molecule has 40 valence electrons. The van der Waals surface area contributed by atoms with Crippen LogP contribution < -0.4 is 0 Å². The fraction of sp³-hybridized carbons (Fsp3) is 0. The Balaban J connectivity index is -0.0000000150. The molecule has 0 aliphatic heterocycles. The Morgan fingerprint density at radius 1 is 1.29 bits per heavy atom. The normalized spacial score (nSPS) is 3.43. The largest absolute Gasteiger partial charge is 0.503 e. The third-order valence-electron chi connectivity index (χ3n) is 0. The van der Waals surface area contributed by atoms with Gasteiger partial charge in [-0.2, -0.15) is 0 Å². The molecule has 0 heterocycles. The van der Waals surface area contributed by atoms with Crippen LogP contribution in [0.4, 0.5) is 4.79 Å². The van der Waals surface area contributed by atoms with Gasteiger partial charge in [0, 0.05) is 19.5 Å². The van der Waals surface area contributed by atoms with Crippen LogP contribution in [0.1, 0.15) is 0 Å².